The van der Waals surface area contributed by atoms with E-state index in [1.165, 1.54) is 20.3 Å². The second-order valence-corrected chi connectivity index (χ2v) is 5.19. The Morgan fingerprint density at radius 3 is 2.42 bits per heavy atom. The summed E-state index contributed by atoms with van der Waals surface area (Å²) in [6.07, 6.45) is 3.05. The van der Waals surface area contributed by atoms with E-state index in [0.717, 1.165) is 0 Å². The van der Waals surface area contributed by atoms with Gasteiger partial charge >= 0.3 is 0 Å². The van der Waals surface area contributed by atoms with E-state index in [1.54, 1.807) is 49.6 Å². The molecule has 2 aromatic rings. The highest BCUT2D eigenvalue weighted by atomic mass is 35.5. The van der Waals surface area contributed by atoms with Crippen molar-refractivity contribution in [2.75, 3.05) is 26.6 Å². The van der Waals surface area contributed by atoms with E-state index in [2.05, 4.69) is 5.32 Å². The average Bonchev–Trinajstić information content (AvgIpc) is 2.58. The van der Waals surface area contributed by atoms with Gasteiger partial charge in [-0.15, -0.1) is 0 Å². The first kappa shape index (κ1) is 17.7. The summed E-state index contributed by atoms with van der Waals surface area (Å²) in [7, 11) is 4.60. The van der Waals surface area contributed by atoms with Crippen LogP contribution in [0, 0.1) is 0 Å². The number of carbonyl (C=O) groups is 1. The third kappa shape index (κ3) is 4.20. The molecule has 0 aliphatic heterocycles. The molecule has 0 radical (unpaired) electrons. The molecule has 1 amide bonds. The molecular weight excluding hydrogens is 330 g/mol. The second kappa shape index (κ2) is 8.26. The predicted molar refractivity (Wildman–Crippen MR) is 95.2 cm³/mol. The van der Waals surface area contributed by atoms with Crippen molar-refractivity contribution < 1.29 is 19.0 Å². The van der Waals surface area contributed by atoms with Gasteiger partial charge in [0.2, 0.25) is 11.7 Å². The van der Waals surface area contributed by atoms with E-state index >= 15 is 0 Å². The lowest BCUT2D eigenvalue weighted by Crippen LogP contribution is -2.07. The van der Waals surface area contributed by atoms with Crippen LogP contribution in [0.4, 0.5) is 5.69 Å². The molecule has 2 aromatic carbocycles. The molecule has 24 heavy (non-hydrogen) atoms. The van der Waals surface area contributed by atoms with Crippen molar-refractivity contribution in [3.63, 3.8) is 0 Å². The minimum atomic E-state index is -0.283. The standard InChI is InChI=1S/C18H18ClNO4/c1-22-15-9-7-12(17(23-2)18(15)24-3)8-10-16(21)20-14-6-4-5-13(19)11-14/h4-11H,1-3H3,(H,20,21). The first-order valence-electron chi connectivity index (χ1n) is 7.12. The number of benzene rings is 2. The molecule has 0 saturated heterocycles. The van der Waals surface area contributed by atoms with Gasteiger partial charge in [0.1, 0.15) is 0 Å². The van der Waals surface area contributed by atoms with Crippen LogP contribution in [-0.4, -0.2) is 27.2 Å². The van der Waals surface area contributed by atoms with Crippen molar-refractivity contribution in [1.29, 1.82) is 0 Å². The van der Waals surface area contributed by atoms with Crippen molar-refractivity contribution in [3.8, 4) is 17.2 Å². The van der Waals surface area contributed by atoms with Crippen LogP contribution in [0.25, 0.3) is 6.08 Å². The fourth-order valence-corrected chi connectivity index (χ4v) is 2.36. The molecule has 0 saturated carbocycles. The topological polar surface area (TPSA) is 56.8 Å². The van der Waals surface area contributed by atoms with Crippen molar-refractivity contribution in [1.82, 2.24) is 0 Å². The first-order chi connectivity index (χ1) is 11.6. The molecular formula is C18H18ClNO4. The van der Waals surface area contributed by atoms with Gasteiger partial charge in [-0.1, -0.05) is 17.7 Å². The van der Waals surface area contributed by atoms with Crippen LogP contribution >= 0.6 is 11.6 Å². The lowest BCUT2D eigenvalue weighted by Gasteiger charge is -2.13. The Kier molecular flexibility index (Phi) is 6.09. The van der Waals surface area contributed by atoms with E-state index < -0.39 is 0 Å². The summed E-state index contributed by atoms with van der Waals surface area (Å²) in [6, 6.07) is 10.5. The summed E-state index contributed by atoms with van der Waals surface area (Å²) in [6.45, 7) is 0. The van der Waals surface area contributed by atoms with Crippen molar-refractivity contribution in [3.05, 3.63) is 53.1 Å². The summed E-state index contributed by atoms with van der Waals surface area (Å²) < 4.78 is 15.9. The van der Waals surface area contributed by atoms with Crippen LogP contribution < -0.4 is 19.5 Å². The third-order valence-corrected chi connectivity index (χ3v) is 3.48. The summed E-state index contributed by atoms with van der Waals surface area (Å²) in [5, 5.41) is 3.29. The molecule has 126 valence electrons. The number of nitrogens with one attached hydrogen (secondary N) is 1. The number of hydrogen-bond donors (Lipinski definition) is 1. The molecule has 0 aliphatic rings. The van der Waals surface area contributed by atoms with Gasteiger partial charge in [0.15, 0.2) is 11.5 Å². The van der Waals surface area contributed by atoms with E-state index in [0.29, 0.717) is 33.5 Å². The van der Waals surface area contributed by atoms with Gasteiger partial charge < -0.3 is 19.5 Å². The Morgan fingerprint density at radius 1 is 1.04 bits per heavy atom. The zero-order chi connectivity index (χ0) is 17.5. The van der Waals surface area contributed by atoms with Crippen molar-refractivity contribution >= 4 is 29.3 Å². The lowest BCUT2D eigenvalue weighted by atomic mass is 10.1. The Hall–Kier alpha value is -2.66. The quantitative estimate of drug-likeness (QED) is 0.802. The van der Waals surface area contributed by atoms with E-state index in [9.17, 15) is 4.79 Å². The number of ether oxygens (including phenoxy) is 3. The highest BCUT2D eigenvalue weighted by molar-refractivity contribution is 6.30. The molecule has 0 unspecified atom stereocenters. The maximum atomic E-state index is 12.0. The number of amides is 1. The number of methoxy groups -OCH3 is 3. The number of rotatable bonds is 6. The first-order valence-corrected chi connectivity index (χ1v) is 7.50. The zero-order valence-electron chi connectivity index (χ0n) is 13.6. The van der Waals surface area contributed by atoms with Crippen molar-refractivity contribution in [2.45, 2.75) is 0 Å². The van der Waals surface area contributed by atoms with Gasteiger partial charge in [0.05, 0.1) is 21.3 Å². The van der Waals surface area contributed by atoms with E-state index in [4.69, 9.17) is 25.8 Å². The number of halogens is 1. The number of anilines is 1. The molecule has 2 rings (SSSR count). The minimum absolute atomic E-state index is 0.283. The molecule has 0 atom stereocenters. The van der Waals surface area contributed by atoms with Crippen LogP contribution in [0.5, 0.6) is 17.2 Å². The monoisotopic (exact) mass is 347 g/mol. The van der Waals surface area contributed by atoms with Gasteiger partial charge in [0, 0.05) is 22.3 Å². The van der Waals surface area contributed by atoms with Crippen LogP contribution in [0.1, 0.15) is 5.56 Å². The van der Waals surface area contributed by atoms with Gasteiger partial charge in [0.25, 0.3) is 0 Å². The molecule has 0 fully saturated rings. The minimum Gasteiger partial charge on any atom is -0.493 e. The molecule has 1 N–H and O–H groups in total. The van der Waals surface area contributed by atoms with Crippen LogP contribution in [0.3, 0.4) is 0 Å². The summed E-state index contributed by atoms with van der Waals surface area (Å²) >= 11 is 5.89. The maximum Gasteiger partial charge on any atom is 0.248 e. The number of hydrogen-bond acceptors (Lipinski definition) is 4. The Labute approximate surface area is 145 Å². The Morgan fingerprint density at radius 2 is 1.79 bits per heavy atom. The highest BCUT2D eigenvalue weighted by Crippen LogP contribution is 2.40. The average molecular weight is 348 g/mol. The molecule has 0 aliphatic carbocycles. The van der Waals surface area contributed by atoms with Crippen LogP contribution in [0.15, 0.2) is 42.5 Å². The summed E-state index contributed by atoms with van der Waals surface area (Å²) in [5.74, 6) is 1.23. The summed E-state index contributed by atoms with van der Waals surface area (Å²) in [5.41, 5.74) is 1.31. The SMILES string of the molecule is COc1ccc(C=CC(=O)Nc2cccc(Cl)c2)c(OC)c1OC. The maximum absolute atomic E-state index is 12.0. The van der Waals surface area contributed by atoms with Gasteiger partial charge in [-0.2, -0.15) is 0 Å². The second-order valence-electron chi connectivity index (χ2n) is 4.76. The van der Waals surface area contributed by atoms with Crippen molar-refractivity contribution in [2.24, 2.45) is 0 Å². The predicted octanol–water partition coefficient (Wildman–Crippen LogP) is 4.02. The van der Waals surface area contributed by atoms with E-state index in [1.807, 2.05) is 0 Å². The molecule has 5 nitrogen and oxygen atoms in total. The molecule has 6 heteroatoms. The Balaban J connectivity index is 2.20. The third-order valence-electron chi connectivity index (χ3n) is 3.24. The number of carbonyl (C=O) groups excluding carboxylic acids is 1. The Bertz CT molecular complexity index is 759. The fourth-order valence-electron chi connectivity index (χ4n) is 2.17. The molecule has 0 spiro atoms. The van der Waals surface area contributed by atoms with E-state index in [-0.39, 0.29) is 5.91 Å². The normalized spacial score (nSPS) is 10.5. The fraction of sp³-hybridized carbons (Fsp3) is 0.167. The summed E-state index contributed by atoms with van der Waals surface area (Å²) in [4.78, 5) is 12.0. The molecule has 0 aromatic heterocycles. The smallest absolute Gasteiger partial charge is 0.248 e. The van der Waals surface area contributed by atoms with Gasteiger partial charge in [-0.05, 0) is 36.4 Å². The van der Waals surface area contributed by atoms with Gasteiger partial charge in [-0.3, -0.25) is 4.79 Å². The zero-order valence-corrected chi connectivity index (χ0v) is 14.4. The molecule has 0 heterocycles. The van der Waals surface area contributed by atoms with Gasteiger partial charge in [-0.25, -0.2) is 0 Å². The largest absolute Gasteiger partial charge is 0.493 e. The molecule has 0 bridgehead atoms. The van der Waals surface area contributed by atoms with Crippen LogP contribution in [0.2, 0.25) is 5.02 Å². The lowest BCUT2D eigenvalue weighted by molar-refractivity contribution is -0.111. The highest BCUT2D eigenvalue weighted by Gasteiger charge is 2.14. The van der Waals surface area contributed by atoms with Crippen LogP contribution in [-0.2, 0) is 4.79 Å².